The summed E-state index contributed by atoms with van der Waals surface area (Å²) in [5.41, 5.74) is 2.55. The lowest BCUT2D eigenvalue weighted by Gasteiger charge is -2.08. The van der Waals surface area contributed by atoms with Gasteiger partial charge in [-0.3, -0.25) is 4.39 Å². The average Bonchev–Trinajstić information content (AvgIpc) is 2.26. The van der Waals surface area contributed by atoms with Crippen molar-refractivity contribution in [2.45, 2.75) is 19.8 Å². The van der Waals surface area contributed by atoms with Crippen molar-refractivity contribution in [1.29, 1.82) is 0 Å². The lowest BCUT2D eigenvalue weighted by atomic mass is 9.97. The Morgan fingerprint density at radius 2 is 1.80 bits per heavy atom. The van der Waals surface area contributed by atoms with Crippen molar-refractivity contribution in [1.82, 2.24) is 0 Å². The summed E-state index contributed by atoms with van der Waals surface area (Å²) in [5.74, 6) is 0. The average molecular weight is 202 g/mol. The van der Waals surface area contributed by atoms with Gasteiger partial charge in [0.25, 0.3) is 0 Å². The van der Waals surface area contributed by atoms with E-state index in [4.69, 9.17) is 0 Å². The van der Waals surface area contributed by atoms with Crippen molar-refractivity contribution >= 4 is 10.8 Å². The van der Waals surface area contributed by atoms with Gasteiger partial charge in [0.15, 0.2) is 0 Å². The zero-order valence-electron chi connectivity index (χ0n) is 8.96. The van der Waals surface area contributed by atoms with Crippen LogP contribution in [-0.2, 0) is 6.42 Å². The number of halogens is 1. The van der Waals surface area contributed by atoms with Crippen LogP contribution in [0, 0.1) is 6.92 Å². The van der Waals surface area contributed by atoms with Crippen LogP contribution < -0.4 is 0 Å². The van der Waals surface area contributed by atoms with Crippen LogP contribution in [-0.4, -0.2) is 6.67 Å². The molecule has 2 aromatic rings. The first kappa shape index (κ1) is 10.2. The third-order valence-electron chi connectivity index (χ3n) is 2.78. The van der Waals surface area contributed by atoms with E-state index >= 15 is 0 Å². The second-order valence-electron chi connectivity index (χ2n) is 3.88. The molecule has 2 aromatic carbocycles. The Bertz CT molecular complexity index is 455. The quantitative estimate of drug-likeness (QED) is 0.704. The third-order valence-corrected chi connectivity index (χ3v) is 2.78. The fourth-order valence-electron chi connectivity index (χ4n) is 2.08. The first-order valence-corrected chi connectivity index (χ1v) is 5.36. The number of hydrogen-bond donors (Lipinski definition) is 0. The smallest absolute Gasteiger partial charge is 0.0897 e. The van der Waals surface area contributed by atoms with E-state index in [1.807, 2.05) is 0 Å². The van der Waals surface area contributed by atoms with E-state index in [0.29, 0.717) is 6.42 Å². The minimum absolute atomic E-state index is 0.234. The molecular weight excluding hydrogens is 187 g/mol. The van der Waals surface area contributed by atoms with Crippen LogP contribution in [0.2, 0.25) is 0 Å². The molecule has 0 amide bonds. The molecule has 0 radical (unpaired) electrons. The van der Waals surface area contributed by atoms with E-state index in [9.17, 15) is 4.39 Å². The summed E-state index contributed by atoms with van der Waals surface area (Å²) in [5, 5.41) is 2.56. The molecule has 0 aliphatic heterocycles. The fraction of sp³-hybridized carbons (Fsp3) is 0.286. The van der Waals surface area contributed by atoms with Gasteiger partial charge in [0.2, 0.25) is 0 Å². The SMILES string of the molecule is Cc1cccc2cccc(CCCF)c12. The lowest BCUT2D eigenvalue weighted by Crippen LogP contribution is -1.90. The van der Waals surface area contributed by atoms with Crippen LogP contribution >= 0.6 is 0 Å². The van der Waals surface area contributed by atoms with Crippen LogP contribution in [0.15, 0.2) is 36.4 Å². The summed E-state index contributed by atoms with van der Waals surface area (Å²) in [4.78, 5) is 0. The maximum absolute atomic E-state index is 12.2. The number of rotatable bonds is 3. The maximum atomic E-state index is 12.2. The standard InChI is InChI=1S/C14H15F/c1-11-5-2-6-12-7-3-8-13(14(11)12)9-4-10-15/h2-3,5-8H,4,9-10H2,1H3. The first-order chi connectivity index (χ1) is 7.33. The van der Waals surface area contributed by atoms with Crippen molar-refractivity contribution in [3.8, 4) is 0 Å². The zero-order valence-corrected chi connectivity index (χ0v) is 8.96. The summed E-state index contributed by atoms with van der Waals surface area (Å²) in [6, 6.07) is 12.6. The molecule has 0 saturated carbocycles. The molecule has 2 rings (SSSR count). The van der Waals surface area contributed by atoms with E-state index in [2.05, 4.69) is 43.3 Å². The molecule has 0 unspecified atom stereocenters. The Kier molecular flexibility index (Phi) is 3.00. The predicted molar refractivity (Wildman–Crippen MR) is 63.0 cm³/mol. The van der Waals surface area contributed by atoms with Gasteiger partial charge in [-0.25, -0.2) is 0 Å². The van der Waals surface area contributed by atoms with Crippen molar-refractivity contribution in [2.75, 3.05) is 6.67 Å². The van der Waals surface area contributed by atoms with Crippen LogP contribution in [0.4, 0.5) is 4.39 Å². The summed E-state index contributed by atoms with van der Waals surface area (Å²) >= 11 is 0. The van der Waals surface area contributed by atoms with Gasteiger partial charge in [-0.1, -0.05) is 36.4 Å². The van der Waals surface area contributed by atoms with Crippen LogP contribution in [0.5, 0.6) is 0 Å². The van der Waals surface area contributed by atoms with Crippen LogP contribution in [0.3, 0.4) is 0 Å². The Labute approximate surface area is 89.7 Å². The van der Waals surface area contributed by atoms with E-state index in [1.165, 1.54) is 21.9 Å². The second-order valence-corrected chi connectivity index (χ2v) is 3.88. The van der Waals surface area contributed by atoms with E-state index < -0.39 is 0 Å². The molecule has 78 valence electrons. The predicted octanol–water partition coefficient (Wildman–Crippen LogP) is 4.05. The Balaban J connectivity index is 2.53. The summed E-state index contributed by atoms with van der Waals surface area (Å²) in [6.45, 7) is 1.88. The summed E-state index contributed by atoms with van der Waals surface area (Å²) < 4.78 is 12.2. The number of alkyl halides is 1. The molecule has 0 atom stereocenters. The molecule has 0 N–H and O–H groups in total. The Morgan fingerprint density at radius 1 is 1.07 bits per heavy atom. The molecule has 0 aliphatic carbocycles. The van der Waals surface area contributed by atoms with Crippen molar-refractivity contribution < 1.29 is 4.39 Å². The molecular formula is C14H15F. The molecule has 0 saturated heterocycles. The Morgan fingerprint density at radius 3 is 2.53 bits per heavy atom. The van der Waals surface area contributed by atoms with Gasteiger partial charge < -0.3 is 0 Å². The van der Waals surface area contributed by atoms with Gasteiger partial charge in [0, 0.05) is 0 Å². The second kappa shape index (κ2) is 4.43. The normalized spacial score (nSPS) is 10.8. The van der Waals surface area contributed by atoms with Gasteiger partial charge in [-0.15, -0.1) is 0 Å². The highest BCUT2D eigenvalue weighted by Gasteiger charge is 2.02. The van der Waals surface area contributed by atoms with Crippen molar-refractivity contribution in [3.63, 3.8) is 0 Å². The number of fused-ring (bicyclic) bond motifs is 1. The molecule has 0 spiro atoms. The van der Waals surface area contributed by atoms with E-state index in [-0.39, 0.29) is 6.67 Å². The lowest BCUT2D eigenvalue weighted by molar-refractivity contribution is 0.473. The third kappa shape index (κ3) is 2.01. The Hall–Kier alpha value is -1.37. The largest absolute Gasteiger partial charge is 0.251 e. The fourth-order valence-corrected chi connectivity index (χ4v) is 2.08. The van der Waals surface area contributed by atoms with Crippen LogP contribution in [0.25, 0.3) is 10.8 Å². The minimum atomic E-state index is -0.234. The van der Waals surface area contributed by atoms with Gasteiger partial charge >= 0.3 is 0 Å². The van der Waals surface area contributed by atoms with E-state index in [0.717, 1.165) is 6.42 Å². The van der Waals surface area contributed by atoms with Gasteiger partial charge in [0.05, 0.1) is 6.67 Å². The van der Waals surface area contributed by atoms with E-state index in [1.54, 1.807) is 0 Å². The molecule has 0 fully saturated rings. The van der Waals surface area contributed by atoms with Crippen molar-refractivity contribution in [3.05, 3.63) is 47.5 Å². The van der Waals surface area contributed by atoms with Crippen LogP contribution in [0.1, 0.15) is 17.5 Å². The van der Waals surface area contributed by atoms with Gasteiger partial charge in [-0.2, -0.15) is 0 Å². The summed E-state index contributed by atoms with van der Waals surface area (Å²) in [6.07, 6.45) is 1.45. The molecule has 0 heterocycles. The number of aryl methyl sites for hydroxylation is 2. The topological polar surface area (TPSA) is 0 Å². The highest BCUT2D eigenvalue weighted by molar-refractivity contribution is 5.88. The molecule has 0 aromatic heterocycles. The highest BCUT2D eigenvalue weighted by atomic mass is 19.1. The monoisotopic (exact) mass is 202 g/mol. The zero-order chi connectivity index (χ0) is 10.7. The maximum Gasteiger partial charge on any atom is 0.0897 e. The van der Waals surface area contributed by atoms with Gasteiger partial charge in [0.1, 0.15) is 0 Å². The summed E-state index contributed by atoms with van der Waals surface area (Å²) in [7, 11) is 0. The minimum Gasteiger partial charge on any atom is -0.251 e. The number of hydrogen-bond acceptors (Lipinski definition) is 0. The van der Waals surface area contributed by atoms with Gasteiger partial charge in [-0.05, 0) is 41.7 Å². The molecule has 0 bridgehead atoms. The molecule has 15 heavy (non-hydrogen) atoms. The highest BCUT2D eigenvalue weighted by Crippen LogP contribution is 2.23. The molecule has 1 heteroatoms. The number of benzene rings is 2. The molecule has 0 aliphatic rings. The first-order valence-electron chi connectivity index (χ1n) is 5.36. The van der Waals surface area contributed by atoms with Crippen molar-refractivity contribution in [2.24, 2.45) is 0 Å². The molecule has 0 nitrogen and oxygen atoms in total.